The number of hydrogen-bond donors (Lipinski definition) is 1. The molecule has 0 spiro atoms. The number of unbranched alkanes of at least 4 members (excludes halogenated alkanes) is 35. The van der Waals surface area contributed by atoms with Crippen molar-refractivity contribution in [1.82, 2.24) is 5.32 Å². The first-order valence-corrected chi connectivity index (χ1v) is 36.4. The van der Waals surface area contributed by atoms with E-state index in [1.807, 2.05) is 33.3 Å². The van der Waals surface area contributed by atoms with Crippen LogP contribution in [0.1, 0.15) is 316 Å². The molecule has 1 amide bonds. The fourth-order valence-electron chi connectivity index (χ4n) is 9.89. The van der Waals surface area contributed by atoms with Crippen LogP contribution in [0.2, 0.25) is 0 Å². The molecule has 83 heavy (non-hydrogen) atoms. The molecule has 0 aliphatic heterocycles. The number of rotatable bonds is 63. The molecular weight excluding hydrogens is 1050 g/mol. The zero-order valence-corrected chi connectivity index (χ0v) is 56.0. The van der Waals surface area contributed by atoms with E-state index in [1.165, 1.54) is 180 Å². The van der Waals surface area contributed by atoms with Gasteiger partial charge in [-0.2, -0.15) is 0 Å². The van der Waals surface area contributed by atoms with Crippen molar-refractivity contribution >= 4 is 19.7 Å². The van der Waals surface area contributed by atoms with Crippen LogP contribution in [-0.4, -0.2) is 69.4 Å². The molecule has 0 bridgehead atoms. The SMILES string of the molecule is CCCCC/C=C\C/C=C\C/C=C\C/C=C\CCCCCCCC(=O)NC(COP(=O)([O-])OCC[N+](C)(C)C)C(/C=C/CCCCCCCCCCC)OC(=O)CCCCCCCCCCCCCCCCC/C=C\C/C=C\CCCCC. The minimum atomic E-state index is -4.71. The Kier molecular flexibility index (Phi) is 60.1. The molecule has 9 nitrogen and oxygen atoms in total. The molecule has 0 heterocycles. The van der Waals surface area contributed by atoms with Gasteiger partial charge in [0.25, 0.3) is 7.82 Å². The van der Waals surface area contributed by atoms with Crippen LogP contribution in [0.25, 0.3) is 0 Å². The van der Waals surface area contributed by atoms with Gasteiger partial charge in [0.2, 0.25) is 5.91 Å². The molecule has 0 rings (SSSR count). The summed E-state index contributed by atoms with van der Waals surface area (Å²) in [6, 6.07) is -0.902. The zero-order valence-electron chi connectivity index (χ0n) is 55.1. The molecule has 0 aromatic heterocycles. The summed E-state index contributed by atoms with van der Waals surface area (Å²) in [5.74, 6) is -0.557. The number of phosphoric acid groups is 1. The van der Waals surface area contributed by atoms with Crippen molar-refractivity contribution in [3.05, 3.63) is 85.1 Å². The van der Waals surface area contributed by atoms with E-state index in [0.29, 0.717) is 23.9 Å². The van der Waals surface area contributed by atoms with Gasteiger partial charge >= 0.3 is 5.97 Å². The predicted octanol–water partition coefficient (Wildman–Crippen LogP) is 21.5. The standard InChI is InChI=1S/C73H133N2O7P/c1-7-10-13-16-19-22-25-27-29-31-33-35-36-37-38-40-42-44-46-48-51-54-57-60-63-66-73(77)82-71(64-61-58-55-52-49-24-21-18-15-12-9-3)70(69-81-83(78,79)80-68-67-75(4,5)6)74-72(76)65-62-59-56-53-50-47-45-43-41-39-34-32-30-28-26-23-20-17-14-11-8-2/h19-20,22-23,27-30,34,39,43,45,61,64,70-71H,7-18,21,24-26,31-33,35-38,40-42,44,46-60,62-63,65-69H2,1-6H3,(H-,74,76,78,79)/b22-19-,23-20-,29-27-,30-28-,39-34-,45-43-,64-61+. The van der Waals surface area contributed by atoms with E-state index in [2.05, 4.69) is 99.0 Å². The van der Waals surface area contributed by atoms with E-state index in [1.54, 1.807) is 0 Å². The van der Waals surface area contributed by atoms with Crippen molar-refractivity contribution in [2.24, 2.45) is 0 Å². The van der Waals surface area contributed by atoms with Gasteiger partial charge in [-0.1, -0.05) is 280 Å². The van der Waals surface area contributed by atoms with Gasteiger partial charge in [-0.3, -0.25) is 14.2 Å². The Labute approximate surface area is 514 Å². The summed E-state index contributed by atoms with van der Waals surface area (Å²) in [6.07, 6.45) is 82.8. The quantitative estimate of drug-likeness (QED) is 0.0212. The normalized spacial score (nSPS) is 14.1. The number of carbonyl (C=O) groups excluding carboxylic acids is 2. The summed E-state index contributed by atoms with van der Waals surface area (Å²) in [5, 5.41) is 3.03. The molecule has 482 valence electrons. The minimum absolute atomic E-state index is 0.0287. The van der Waals surface area contributed by atoms with Crippen molar-refractivity contribution in [3.63, 3.8) is 0 Å². The second-order valence-corrected chi connectivity index (χ2v) is 26.1. The third-order valence-corrected chi connectivity index (χ3v) is 16.3. The third-order valence-electron chi connectivity index (χ3n) is 15.3. The van der Waals surface area contributed by atoms with Crippen molar-refractivity contribution in [3.8, 4) is 0 Å². The Morgan fingerprint density at radius 3 is 1.12 bits per heavy atom. The highest BCUT2D eigenvalue weighted by Crippen LogP contribution is 2.38. The highest BCUT2D eigenvalue weighted by Gasteiger charge is 2.27. The van der Waals surface area contributed by atoms with Gasteiger partial charge in [0.1, 0.15) is 19.3 Å². The van der Waals surface area contributed by atoms with E-state index in [0.717, 1.165) is 96.3 Å². The van der Waals surface area contributed by atoms with Crippen LogP contribution in [0.3, 0.4) is 0 Å². The van der Waals surface area contributed by atoms with Gasteiger partial charge in [0.15, 0.2) is 0 Å². The molecule has 0 aromatic rings. The van der Waals surface area contributed by atoms with Crippen LogP contribution >= 0.6 is 7.82 Å². The Morgan fingerprint density at radius 1 is 0.422 bits per heavy atom. The zero-order chi connectivity index (χ0) is 60.7. The Hall–Kier alpha value is -2.81. The molecule has 0 aliphatic rings. The number of nitrogens with zero attached hydrogens (tertiary/aromatic N) is 1. The van der Waals surface area contributed by atoms with E-state index in [-0.39, 0.29) is 24.9 Å². The van der Waals surface area contributed by atoms with E-state index >= 15 is 0 Å². The lowest BCUT2D eigenvalue weighted by atomic mass is 10.0. The fraction of sp³-hybridized carbons (Fsp3) is 0.781. The molecule has 0 saturated heterocycles. The van der Waals surface area contributed by atoms with Gasteiger partial charge in [-0.05, 0) is 109 Å². The Balaban J connectivity index is 5.07. The van der Waals surface area contributed by atoms with E-state index in [9.17, 15) is 19.0 Å². The molecule has 0 aromatic carbocycles. The lowest BCUT2D eigenvalue weighted by molar-refractivity contribution is -0.870. The van der Waals surface area contributed by atoms with Crippen LogP contribution < -0.4 is 10.2 Å². The number of amides is 1. The van der Waals surface area contributed by atoms with Crippen molar-refractivity contribution in [2.45, 2.75) is 328 Å². The summed E-state index contributed by atoms with van der Waals surface area (Å²) in [6.45, 7) is 6.79. The second kappa shape index (κ2) is 62.2. The lowest BCUT2D eigenvalue weighted by Crippen LogP contribution is -2.47. The summed E-state index contributed by atoms with van der Waals surface area (Å²) in [5.41, 5.74) is 0. The molecule has 10 heteroatoms. The Bertz CT molecular complexity index is 1700. The Morgan fingerprint density at radius 2 is 0.735 bits per heavy atom. The predicted molar refractivity (Wildman–Crippen MR) is 358 cm³/mol. The van der Waals surface area contributed by atoms with Gasteiger partial charge < -0.3 is 28.5 Å². The average Bonchev–Trinajstić information content (AvgIpc) is 3.51. The number of esters is 1. The van der Waals surface area contributed by atoms with Gasteiger partial charge in [-0.25, -0.2) is 0 Å². The highest BCUT2D eigenvalue weighted by molar-refractivity contribution is 7.45. The number of phosphoric ester groups is 1. The topological polar surface area (TPSA) is 114 Å². The number of allylic oxidation sites excluding steroid dienone is 13. The number of ether oxygens (including phenoxy) is 1. The molecule has 0 radical (unpaired) electrons. The number of nitrogens with one attached hydrogen (secondary N) is 1. The molecule has 0 aliphatic carbocycles. The molecular formula is C73H133N2O7P. The number of likely N-dealkylation sites (N-methyl/N-ethyl adjacent to an activating group) is 1. The maximum atomic E-state index is 13.6. The number of carbonyl (C=O) groups is 2. The first-order valence-electron chi connectivity index (χ1n) is 34.9. The average molecular weight is 1180 g/mol. The largest absolute Gasteiger partial charge is 0.756 e. The second-order valence-electron chi connectivity index (χ2n) is 24.7. The molecule has 3 unspecified atom stereocenters. The van der Waals surface area contributed by atoms with Crippen LogP contribution in [0.15, 0.2) is 85.1 Å². The summed E-state index contributed by atoms with van der Waals surface area (Å²) < 4.78 is 30.4. The van der Waals surface area contributed by atoms with Crippen LogP contribution in [0.5, 0.6) is 0 Å². The molecule has 1 N–H and O–H groups in total. The smallest absolute Gasteiger partial charge is 0.306 e. The summed E-state index contributed by atoms with van der Waals surface area (Å²) >= 11 is 0. The fourth-order valence-corrected chi connectivity index (χ4v) is 10.6. The van der Waals surface area contributed by atoms with Crippen LogP contribution in [0, 0.1) is 0 Å². The van der Waals surface area contributed by atoms with Gasteiger partial charge in [0, 0.05) is 12.8 Å². The maximum absolute atomic E-state index is 13.6. The van der Waals surface area contributed by atoms with Crippen molar-refractivity contribution in [2.75, 3.05) is 40.9 Å². The maximum Gasteiger partial charge on any atom is 0.306 e. The lowest BCUT2D eigenvalue weighted by Gasteiger charge is -2.30. The summed E-state index contributed by atoms with van der Waals surface area (Å²) in [4.78, 5) is 40.1. The van der Waals surface area contributed by atoms with Crippen molar-refractivity contribution in [1.29, 1.82) is 0 Å². The first kappa shape index (κ1) is 80.2. The monoisotopic (exact) mass is 1180 g/mol. The number of hydrogen-bond acceptors (Lipinski definition) is 7. The summed E-state index contributed by atoms with van der Waals surface area (Å²) in [7, 11) is 1.17. The third kappa shape index (κ3) is 63.5. The molecule has 0 fully saturated rings. The van der Waals surface area contributed by atoms with Gasteiger partial charge in [-0.15, -0.1) is 0 Å². The molecule has 3 atom stereocenters. The minimum Gasteiger partial charge on any atom is -0.756 e. The van der Waals surface area contributed by atoms with Crippen molar-refractivity contribution < 1.29 is 37.3 Å². The van der Waals surface area contributed by atoms with Gasteiger partial charge in [0.05, 0.1) is 33.8 Å². The number of quaternary nitrogens is 1. The molecule has 0 saturated carbocycles. The van der Waals surface area contributed by atoms with Crippen LogP contribution in [0.4, 0.5) is 0 Å². The van der Waals surface area contributed by atoms with E-state index in [4.69, 9.17) is 13.8 Å². The van der Waals surface area contributed by atoms with E-state index < -0.39 is 26.6 Å². The van der Waals surface area contributed by atoms with Crippen LogP contribution in [-0.2, 0) is 27.9 Å². The first-order chi connectivity index (χ1) is 40.4. The highest BCUT2D eigenvalue weighted by atomic mass is 31.2.